The minimum atomic E-state index is -0.764. The van der Waals surface area contributed by atoms with Gasteiger partial charge in [-0.15, -0.1) is 0 Å². The van der Waals surface area contributed by atoms with Crippen molar-refractivity contribution in [2.45, 2.75) is 187 Å². The lowest BCUT2D eigenvalue weighted by Crippen LogP contribution is -2.30. The molecule has 0 aliphatic heterocycles. The van der Waals surface area contributed by atoms with Crippen LogP contribution in [-0.2, 0) is 28.6 Å². The van der Waals surface area contributed by atoms with Crippen LogP contribution in [0.3, 0.4) is 0 Å². The zero-order chi connectivity index (χ0) is 32.4. The summed E-state index contributed by atoms with van der Waals surface area (Å²) < 4.78 is 16.4. The van der Waals surface area contributed by atoms with Crippen molar-refractivity contribution in [1.82, 2.24) is 0 Å². The van der Waals surface area contributed by atoms with Gasteiger partial charge in [0.25, 0.3) is 0 Å². The van der Waals surface area contributed by atoms with Gasteiger partial charge in [-0.2, -0.15) is 0 Å². The van der Waals surface area contributed by atoms with E-state index in [1.54, 1.807) is 0 Å². The number of unbranched alkanes of at least 4 members (excludes halogenated alkanes) is 17. The second-order valence-electron chi connectivity index (χ2n) is 12.1. The van der Waals surface area contributed by atoms with Gasteiger partial charge in [0.1, 0.15) is 13.2 Å². The van der Waals surface area contributed by atoms with E-state index in [0.29, 0.717) is 19.3 Å². The largest absolute Gasteiger partial charge is 0.462 e. The molecular formula is C38H68O6. The number of allylic oxidation sites excluding steroid dienone is 4. The van der Waals surface area contributed by atoms with Crippen molar-refractivity contribution in [1.29, 1.82) is 0 Å². The molecule has 0 heterocycles. The zero-order valence-corrected chi connectivity index (χ0v) is 28.9. The molecule has 0 aromatic carbocycles. The van der Waals surface area contributed by atoms with E-state index < -0.39 is 6.10 Å². The molecule has 0 amide bonds. The lowest BCUT2D eigenvalue weighted by Gasteiger charge is -2.18. The molecule has 6 heteroatoms. The Morgan fingerprint density at radius 1 is 0.455 bits per heavy atom. The van der Waals surface area contributed by atoms with Gasteiger partial charge in [0.05, 0.1) is 0 Å². The Balaban J connectivity index is 4.27. The Hall–Kier alpha value is -2.11. The molecule has 0 N–H and O–H groups in total. The highest BCUT2D eigenvalue weighted by atomic mass is 16.6. The van der Waals surface area contributed by atoms with E-state index >= 15 is 0 Å². The minimum Gasteiger partial charge on any atom is -0.462 e. The molecular weight excluding hydrogens is 552 g/mol. The maximum Gasteiger partial charge on any atom is 0.306 e. The maximum atomic E-state index is 12.4. The van der Waals surface area contributed by atoms with Crippen molar-refractivity contribution in [2.75, 3.05) is 13.2 Å². The van der Waals surface area contributed by atoms with Crippen LogP contribution in [0.1, 0.15) is 181 Å². The molecule has 1 unspecified atom stereocenters. The summed E-state index contributed by atoms with van der Waals surface area (Å²) >= 11 is 0. The summed E-state index contributed by atoms with van der Waals surface area (Å²) in [7, 11) is 0. The predicted octanol–water partition coefficient (Wildman–Crippen LogP) is 10.9. The van der Waals surface area contributed by atoms with Crippen molar-refractivity contribution < 1.29 is 28.6 Å². The molecule has 44 heavy (non-hydrogen) atoms. The average Bonchev–Trinajstić information content (AvgIpc) is 3.02. The molecule has 0 radical (unpaired) electrons. The first-order valence-corrected chi connectivity index (χ1v) is 18.3. The minimum absolute atomic E-state index is 0.0756. The van der Waals surface area contributed by atoms with Crippen molar-refractivity contribution in [3.8, 4) is 0 Å². The fraction of sp³-hybridized carbons (Fsp3) is 0.816. The Labute approximate surface area is 271 Å². The van der Waals surface area contributed by atoms with E-state index in [-0.39, 0.29) is 31.1 Å². The van der Waals surface area contributed by atoms with E-state index in [1.807, 2.05) is 0 Å². The Bertz CT molecular complexity index is 729. The molecule has 0 rings (SSSR count). The second kappa shape index (κ2) is 33.8. The van der Waals surface area contributed by atoms with Crippen LogP contribution in [-0.4, -0.2) is 37.2 Å². The normalized spacial score (nSPS) is 12.2. The first-order valence-electron chi connectivity index (χ1n) is 18.3. The first kappa shape index (κ1) is 41.9. The highest BCUT2D eigenvalue weighted by Gasteiger charge is 2.19. The van der Waals surface area contributed by atoms with Crippen LogP contribution in [0.25, 0.3) is 0 Å². The average molecular weight is 621 g/mol. The number of esters is 3. The van der Waals surface area contributed by atoms with Gasteiger partial charge >= 0.3 is 17.9 Å². The number of hydrogen-bond acceptors (Lipinski definition) is 6. The molecule has 256 valence electrons. The summed E-state index contributed by atoms with van der Waals surface area (Å²) in [6.07, 6.45) is 33.4. The first-order chi connectivity index (χ1) is 21.5. The van der Waals surface area contributed by atoms with Gasteiger partial charge in [0.2, 0.25) is 0 Å². The van der Waals surface area contributed by atoms with Crippen LogP contribution in [0.15, 0.2) is 24.3 Å². The number of carbonyl (C=O) groups excluding carboxylic acids is 3. The molecule has 0 fully saturated rings. The summed E-state index contributed by atoms with van der Waals surface area (Å²) in [6, 6.07) is 0. The van der Waals surface area contributed by atoms with Crippen LogP contribution in [0.4, 0.5) is 0 Å². The fourth-order valence-electron chi connectivity index (χ4n) is 4.87. The SMILES string of the molecule is CCCC/C=C\C/C=C\CCCCCCCC(=O)OCC(COC(=O)CCCCCCCC)OC(=O)CCCCCCCC. The Morgan fingerprint density at radius 3 is 1.32 bits per heavy atom. The molecule has 6 nitrogen and oxygen atoms in total. The Morgan fingerprint density at radius 2 is 0.841 bits per heavy atom. The molecule has 0 saturated carbocycles. The van der Waals surface area contributed by atoms with Crippen molar-refractivity contribution in [2.24, 2.45) is 0 Å². The van der Waals surface area contributed by atoms with E-state index in [4.69, 9.17) is 14.2 Å². The van der Waals surface area contributed by atoms with Gasteiger partial charge in [0.15, 0.2) is 6.10 Å². The van der Waals surface area contributed by atoms with Crippen molar-refractivity contribution in [3.63, 3.8) is 0 Å². The van der Waals surface area contributed by atoms with Crippen LogP contribution in [0, 0.1) is 0 Å². The van der Waals surface area contributed by atoms with Gasteiger partial charge in [-0.25, -0.2) is 0 Å². The summed E-state index contributed by atoms with van der Waals surface area (Å²) in [5, 5.41) is 0. The number of rotatable bonds is 32. The van der Waals surface area contributed by atoms with Crippen LogP contribution in [0.2, 0.25) is 0 Å². The lowest BCUT2D eigenvalue weighted by molar-refractivity contribution is -0.167. The number of carbonyl (C=O) groups is 3. The predicted molar refractivity (Wildman–Crippen MR) is 183 cm³/mol. The van der Waals surface area contributed by atoms with Crippen molar-refractivity contribution in [3.05, 3.63) is 24.3 Å². The molecule has 0 aliphatic rings. The Kier molecular flexibility index (Phi) is 32.2. The van der Waals surface area contributed by atoms with Crippen LogP contribution >= 0.6 is 0 Å². The van der Waals surface area contributed by atoms with Crippen LogP contribution in [0.5, 0.6) is 0 Å². The van der Waals surface area contributed by atoms with E-state index in [0.717, 1.165) is 77.0 Å². The third-order valence-electron chi connectivity index (χ3n) is 7.71. The summed E-state index contributed by atoms with van der Waals surface area (Å²) in [6.45, 7) is 6.43. The zero-order valence-electron chi connectivity index (χ0n) is 28.9. The van der Waals surface area contributed by atoms with Crippen molar-refractivity contribution >= 4 is 17.9 Å². The number of hydrogen-bond donors (Lipinski definition) is 0. The standard InChI is InChI=1S/C38H68O6/c1-4-7-10-13-16-17-18-19-20-21-22-23-26-28-31-37(40)43-34-35(44-38(41)32-29-25-15-12-9-6-3)33-42-36(39)30-27-24-14-11-8-5-2/h13,16,18-19,35H,4-12,14-15,17,20-34H2,1-3H3/b16-13-,19-18-. The van der Waals surface area contributed by atoms with Crippen LogP contribution < -0.4 is 0 Å². The third-order valence-corrected chi connectivity index (χ3v) is 7.71. The molecule has 0 saturated heterocycles. The molecule has 0 aliphatic carbocycles. The summed E-state index contributed by atoms with van der Waals surface area (Å²) in [4.78, 5) is 37.0. The smallest absolute Gasteiger partial charge is 0.306 e. The van der Waals surface area contributed by atoms with Gasteiger partial charge in [0, 0.05) is 19.3 Å². The van der Waals surface area contributed by atoms with Gasteiger partial charge in [-0.05, 0) is 44.9 Å². The molecule has 0 bridgehead atoms. The van der Waals surface area contributed by atoms with E-state index in [9.17, 15) is 14.4 Å². The van der Waals surface area contributed by atoms with Gasteiger partial charge in [-0.1, -0.05) is 141 Å². The molecule has 0 spiro atoms. The fourth-order valence-corrected chi connectivity index (χ4v) is 4.87. The second-order valence-corrected chi connectivity index (χ2v) is 12.1. The summed E-state index contributed by atoms with van der Waals surface area (Å²) in [5.41, 5.74) is 0. The molecule has 0 aromatic rings. The lowest BCUT2D eigenvalue weighted by atomic mass is 10.1. The molecule has 0 aromatic heterocycles. The van der Waals surface area contributed by atoms with Gasteiger partial charge < -0.3 is 14.2 Å². The highest BCUT2D eigenvalue weighted by molar-refractivity contribution is 5.71. The quantitative estimate of drug-likeness (QED) is 0.0322. The third kappa shape index (κ3) is 31.3. The highest BCUT2D eigenvalue weighted by Crippen LogP contribution is 2.12. The monoisotopic (exact) mass is 621 g/mol. The van der Waals surface area contributed by atoms with Gasteiger partial charge in [-0.3, -0.25) is 14.4 Å². The van der Waals surface area contributed by atoms with E-state index in [1.165, 1.54) is 64.2 Å². The number of ether oxygens (including phenoxy) is 3. The topological polar surface area (TPSA) is 78.9 Å². The van der Waals surface area contributed by atoms with E-state index in [2.05, 4.69) is 45.1 Å². The summed E-state index contributed by atoms with van der Waals surface area (Å²) in [5.74, 6) is -0.916. The maximum absolute atomic E-state index is 12.4. The molecule has 1 atom stereocenters.